The van der Waals surface area contributed by atoms with E-state index in [9.17, 15) is 8.42 Å². The van der Waals surface area contributed by atoms with E-state index in [-0.39, 0.29) is 10.6 Å². The number of rotatable bonds is 4. The molecule has 0 saturated carbocycles. The maximum absolute atomic E-state index is 12.4. The third-order valence-corrected chi connectivity index (χ3v) is 4.77. The summed E-state index contributed by atoms with van der Waals surface area (Å²) in [4.78, 5) is 4.00. The Bertz CT molecular complexity index is 715. The van der Waals surface area contributed by atoms with Crippen LogP contribution in [-0.4, -0.2) is 23.6 Å². The summed E-state index contributed by atoms with van der Waals surface area (Å²) in [6.45, 7) is 3.31. The van der Waals surface area contributed by atoms with Crippen LogP contribution in [0.5, 0.6) is 0 Å². The number of nitrogens with one attached hydrogen (secondary N) is 2. The van der Waals surface area contributed by atoms with E-state index in [0.29, 0.717) is 16.4 Å². The van der Waals surface area contributed by atoms with Gasteiger partial charge in [0.2, 0.25) is 10.0 Å². The van der Waals surface area contributed by atoms with Crippen LogP contribution in [-0.2, 0) is 10.0 Å². The molecule has 9 heteroatoms. The zero-order valence-electron chi connectivity index (χ0n) is 10.9. The second-order valence-electron chi connectivity index (χ2n) is 4.35. The van der Waals surface area contributed by atoms with Gasteiger partial charge in [0.1, 0.15) is 12.2 Å². The standard InChI is InChI=1S/C11H14ClN5O2S/c1-6-3-8(12)9(13)4-10(6)20(18,19)17-7(2)11-14-5-15-16-11/h3-5,7,17H,13H2,1-2H3,(H,14,15,16). The molecule has 1 heterocycles. The van der Waals surface area contributed by atoms with Crippen LogP contribution in [0.4, 0.5) is 5.69 Å². The van der Waals surface area contributed by atoms with Crippen molar-refractivity contribution in [3.8, 4) is 0 Å². The third kappa shape index (κ3) is 2.92. The summed E-state index contributed by atoms with van der Waals surface area (Å²) in [5.41, 5.74) is 6.39. The zero-order chi connectivity index (χ0) is 14.9. The maximum Gasteiger partial charge on any atom is 0.241 e. The number of sulfonamides is 1. The smallest absolute Gasteiger partial charge is 0.241 e. The number of aryl methyl sites for hydroxylation is 1. The van der Waals surface area contributed by atoms with Crippen LogP contribution in [0.1, 0.15) is 24.4 Å². The Hall–Kier alpha value is -1.64. The van der Waals surface area contributed by atoms with Gasteiger partial charge in [0.05, 0.1) is 21.6 Å². The quantitative estimate of drug-likeness (QED) is 0.738. The number of benzene rings is 1. The highest BCUT2D eigenvalue weighted by molar-refractivity contribution is 7.89. The van der Waals surface area contributed by atoms with Gasteiger partial charge in [0, 0.05) is 0 Å². The Balaban J connectivity index is 2.34. The van der Waals surface area contributed by atoms with Crippen molar-refractivity contribution in [3.63, 3.8) is 0 Å². The molecule has 20 heavy (non-hydrogen) atoms. The van der Waals surface area contributed by atoms with Crippen molar-refractivity contribution in [1.29, 1.82) is 0 Å². The first-order chi connectivity index (χ1) is 9.31. The molecule has 1 atom stereocenters. The summed E-state index contributed by atoms with van der Waals surface area (Å²) in [7, 11) is -3.73. The van der Waals surface area contributed by atoms with E-state index in [4.69, 9.17) is 17.3 Å². The van der Waals surface area contributed by atoms with Gasteiger partial charge in [0.25, 0.3) is 0 Å². The Labute approximate surface area is 121 Å². The minimum atomic E-state index is -3.73. The van der Waals surface area contributed by atoms with E-state index < -0.39 is 16.1 Å². The van der Waals surface area contributed by atoms with E-state index in [0.717, 1.165) is 0 Å². The topological polar surface area (TPSA) is 114 Å². The van der Waals surface area contributed by atoms with Crippen LogP contribution in [0, 0.1) is 6.92 Å². The average Bonchev–Trinajstić information content (AvgIpc) is 2.86. The highest BCUT2D eigenvalue weighted by Gasteiger charge is 2.22. The average molecular weight is 316 g/mol. The first-order valence-corrected chi connectivity index (χ1v) is 7.60. The van der Waals surface area contributed by atoms with Gasteiger partial charge in [-0.1, -0.05) is 11.6 Å². The molecule has 1 unspecified atom stereocenters. The van der Waals surface area contributed by atoms with Gasteiger partial charge in [0.15, 0.2) is 0 Å². The lowest BCUT2D eigenvalue weighted by atomic mass is 10.2. The van der Waals surface area contributed by atoms with Crippen LogP contribution >= 0.6 is 11.6 Å². The molecule has 0 fully saturated rings. The lowest BCUT2D eigenvalue weighted by molar-refractivity contribution is 0.560. The molecular formula is C11H14ClN5O2S. The summed E-state index contributed by atoms with van der Waals surface area (Å²) < 4.78 is 27.2. The molecule has 2 rings (SSSR count). The van der Waals surface area contributed by atoms with Crippen molar-refractivity contribution in [2.75, 3.05) is 5.73 Å². The maximum atomic E-state index is 12.4. The number of aromatic amines is 1. The van der Waals surface area contributed by atoms with Crippen molar-refractivity contribution < 1.29 is 8.42 Å². The van der Waals surface area contributed by atoms with Gasteiger partial charge in [-0.15, -0.1) is 0 Å². The first-order valence-electron chi connectivity index (χ1n) is 5.74. The fourth-order valence-corrected chi connectivity index (χ4v) is 3.42. The number of hydrogen-bond donors (Lipinski definition) is 3. The molecule has 0 bridgehead atoms. The molecule has 0 aliphatic heterocycles. The van der Waals surface area contributed by atoms with E-state index >= 15 is 0 Å². The van der Waals surface area contributed by atoms with E-state index in [1.807, 2.05) is 0 Å². The lowest BCUT2D eigenvalue weighted by Crippen LogP contribution is -2.28. The summed E-state index contributed by atoms with van der Waals surface area (Å²) in [5, 5.41) is 6.62. The number of H-pyrrole nitrogens is 1. The van der Waals surface area contributed by atoms with Crippen LogP contribution in [0.15, 0.2) is 23.4 Å². The monoisotopic (exact) mass is 315 g/mol. The molecule has 7 nitrogen and oxygen atoms in total. The SMILES string of the molecule is Cc1cc(Cl)c(N)cc1S(=O)(=O)NC(C)c1ncn[nH]1. The van der Waals surface area contributed by atoms with Crippen LogP contribution in [0.2, 0.25) is 5.02 Å². The fourth-order valence-electron chi connectivity index (χ4n) is 1.73. The first kappa shape index (κ1) is 14.8. The molecule has 0 amide bonds. The van der Waals surface area contributed by atoms with Gasteiger partial charge in [-0.05, 0) is 31.5 Å². The summed E-state index contributed by atoms with van der Waals surface area (Å²) in [6, 6.07) is 2.32. The molecule has 0 aliphatic carbocycles. The van der Waals surface area contributed by atoms with Gasteiger partial charge in [-0.3, -0.25) is 5.10 Å². The van der Waals surface area contributed by atoms with Crippen LogP contribution in [0.25, 0.3) is 0 Å². The molecule has 0 spiro atoms. The lowest BCUT2D eigenvalue weighted by Gasteiger charge is -2.14. The number of hydrogen-bond acceptors (Lipinski definition) is 5. The minimum absolute atomic E-state index is 0.0887. The molecule has 1 aromatic carbocycles. The van der Waals surface area contributed by atoms with Crippen molar-refractivity contribution in [2.45, 2.75) is 24.8 Å². The molecule has 0 radical (unpaired) electrons. The highest BCUT2D eigenvalue weighted by Crippen LogP contribution is 2.26. The van der Waals surface area contributed by atoms with Crippen LogP contribution in [0.3, 0.4) is 0 Å². The molecule has 1 aromatic heterocycles. The van der Waals surface area contributed by atoms with Gasteiger partial charge >= 0.3 is 0 Å². The van der Waals surface area contributed by atoms with Crippen molar-refractivity contribution >= 4 is 27.3 Å². The molecule has 0 aliphatic rings. The van der Waals surface area contributed by atoms with Crippen molar-refractivity contribution in [2.24, 2.45) is 0 Å². The number of anilines is 1. The second-order valence-corrected chi connectivity index (χ2v) is 6.44. The predicted molar refractivity (Wildman–Crippen MR) is 75.7 cm³/mol. The fraction of sp³-hybridized carbons (Fsp3) is 0.273. The largest absolute Gasteiger partial charge is 0.397 e. The van der Waals surface area contributed by atoms with Gasteiger partial charge in [-0.25, -0.2) is 18.1 Å². The van der Waals surface area contributed by atoms with Gasteiger partial charge < -0.3 is 5.73 Å². The van der Waals surface area contributed by atoms with E-state index in [2.05, 4.69) is 19.9 Å². The summed E-state index contributed by atoms with van der Waals surface area (Å²) in [5.74, 6) is 0.424. The number of halogens is 1. The second kappa shape index (κ2) is 5.39. The Morgan fingerprint density at radius 3 is 2.75 bits per heavy atom. The van der Waals surface area contributed by atoms with Crippen molar-refractivity contribution in [3.05, 3.63) is 34.9 Å². The minimum Gasteiger partial charge on any atom is -0.397 e. The Morgan fingerprint density at radius 2 is 2.15 bits per heavy atom. The number of nitrogens with two attached hydrogens (primary N) is 1. The number of nitrogen functional groups attached to an aromatic ring is 1. The number of nitrogens with zero attached hydrogens (tertiary/aromatic N) is 2. The van der Waals surface area contributed by atoms with Crippen LogP contribution < -0.4 is 10.5 Å². The van der Waals surface area contributed by atoms with E-state index in [1.165, 1.54) is 18.5 Å². The van der Waals surface area contributed by atoms with E-state index in [1.54, 1.807) is 13.8 Å². The normalized spacial score (nSPS) is 13.3. The highest BCUT2D eigenvalue weighted by atomic mass is 35.5. The Morgan fingerprint density at radius 1 is 1.45 bits per heavy atom. The molecule has 4 N–H and O–H groups in total. The van der Waals surface area contributed by atoms with Crippen molar-refractivity contribution in [1.82, 2.24) is 19.9 Å². The predicted octanol–water partition coefficient (Wildman–Crippen LogP) is 1.39. The third-order valence-electron chi connectivity index (χ3n) is 2.76. The molecule has 2 aromatic rings. The zero-order valence-corrected chi connectivity index (χ0v) is 12.5. The van der Waals surface area contributed by atoms with Gasteiger partial charge in [-0.2, -0.15) is 5.10 Å². The molecule has 108 valence electrons. The Kier molecular flexibility index (Phi) is 3.98. The summed E-state index contributed by atoms with van der Waals surface area (Å²) in [6.07, 6.45) is 1.31. The summed E-state index contributed by atoms with van der Waals surface area (Å²) >= 11 is 5.86. The molecule has 0 saturated heterocycles. The number of aromatic nitrogens is 3. The molecular weight excluding hydrogens is 302 g/mol.